The summed E-state index contributed by atoms with van der Waals surface area (Å²) in [4.78, 5) is 28.4. The van der Waals surface area contributed by atoms with E-state index in [9.17, 15) is 0 Å². The number of nitrogens with zero attached hydrogens (tertiary/aromatic N) is 10. The van der Waals surface area contributed by atoms with Crippen molar-refractivity contribution < 1.29 is 0 Å². The second kappa shape index (κ2) is 21.5. The third-order valence-electron chi connectivity index (χ3n) is 22.4. The van der Waals surface area contributed by atoms with Gasteiger partial charge in [0.25, 0.3) is 0 Å². The Morgan fingerprint density at radius 1 is 0.202 bits per heavy atom. The molecule has 23 rings (SSSR count). The van der Waals surface area contributed by atoms with E-state index in [2.05, 4.69) is 379 Å². The number of anilines is 6. The van der Waals surface area contributed by atoms with E-state index in [0.717, 1.165) is 95.8 Å². The standard InChI is InChI=1S/C92H58N10Si2/c1-3-28-67(29-4-1)103(68-30-5-2-6-31-68)99-83-41-19-17-39-79(83)93-89(99)98(66-51-52-76-74-37-14-13-35-72(74)73-36-15-16-38-75(73)78(76)58-66)92-96-82-55-63(49-54-85(82)100(92)103)64-48-53-81-86(56-64)102-91(95-81)97(65-50-47-62-46-45-61-25-7-10-32-69(61)77(62)57-65)90-94-80-40-18-20-42-84(80)101(90)104(102,87-43-21-26-59-23-8-11-33-70(59)87)88-44-22-27-60-24-9-12-34-71(60)88/h1-58H. The number of para-hydroxylation sites is 4. The molecule has 0 N–H and O–H groups in total. The van der Waals surface area contributed by atoms with Crippen LogP contribution in [0, 0.1) is 0 Å². The van der Waals surface area contributed by atoms with Crippen LogP contribution in [0.15, 0.2) is 352 Å². The molecular weight excluding hydrogens is 1300 g/mol. The minimum absolute atomic E-state index is 0.799. The monoisotopic (exact) mass is 1360 g/mol. The smallest absolute Gasteiger partial charge is 0.310 e. The number of imidazole rings is 4. The maximum atomic E-state index is 6.06. The zero-order valence-corrected chi connectivity index (χ0v) is 58.0. The molecule has 2 aliphatic rings. The van der Waals surface area contributed by atoms with Gasteiger partial charge in [0.1, 0.15) is 0 Å². The van der Waals surface area contributed by atoms with Crippen LogP contribution >= 0.6 is 0 Å². The first kappa shape index (κ1) is 57.3. The van der Waals surface area contributed by atoms with Crippen LogP contribution < -0.4 is 30.5 Å². The second-order valence-corrected chi connectivity index (χ2v) is 34.4. The second-order valence-electron chi connectivity index (χ2n) is 27.7. The van der Waals surface area contributed by atoms with E-state index >= 15 is 0 Å². The normalized spacial score (nSPS) is 13.9. The van der Waals surface area contributed by atoms with Gasteiger partial charge in [-0.2, -0.15) is 0 Å². The van der Waals surface area contributed by atoms with Crippen LogP contribution in [-0.2, 0) is 0 Å². The summed E-state index contributed by atoms with van der Waals surface area (Å²) in [6, 6.07) is 130. The molecule has 0 unspecified atom stereocenters. The van der Waals surface area contributed by atoms with Gasteiger partial charge < -0.3 is 16.9 Å². The van der Waals surface area contributed by atoms with Gasteiger partial charge >= 0.3 is 16.8 Å². The molecule has 6 heterocycles. The summed E-state index contributed by atoms with van der Waals surface area (Å²) in [6.07, 6.45) is 0. The summed E-state index contributed by atoms with van der Waals surface area (Å²) >= 11 is 0. The van der Waals surface area contributed by atoms with Gasteiger partial charge in [0.2, 0.25) is 23.8 Å². The van der Waals surface area contributed by atoms with Crippen molar-refractivity contribution in [3.63, 3.8) is 0 Å². The number of hydrogen-bond acceptors (Lipinski definition) is 6. The van der Waals surface area contributed by atoms with Gasteiger partial charge in [0.05, 0.1) is 55.5 Å². The summed E-state index contributed by atoms with van der Waals surface area (Å²) in [5.41, 5.74) is 11.7. The SMILES string of the molecule is c1ccc([Si]2(c3ccccc3)n3c(nc4ccccc43)N(c3ccc4c5ccccc5c5ccccc5c4c3)c3nc4cc(-c5ccc6nc7n(c6c5)[Si](c5cccc6ccccc56)(c5cccc6ccccc56)n5c(nc6ccccc65)N7c5ccc6ccc7ccccc7c6c5)ccc4n32)cc1. The molecule has 4 aromatic heterocycles. The van der Waals surface area contributed by atoms with Gasteiger partial charge in [-0.3, -0.25) is 9.80 Å². The van der Waals surface area contributed by atoms with Crippen molar-refractivity contribution in [3.05, 3.63) is 352 Å². The number of fused-ring (bicyclic) bond motifs is 23. The first-order valence-electron chi connectivity index (χ1n) is 35.5. The molecule has 0 spiro atoms. The summed E-state index contributed by atoms with van der Waals surface area (Å²) < 4.78 is 10.6. The van der Waals surface area contributed by atoms with Crippen molar-refractivity contribution in [3.8, 4) is 11.1 Å². The number of aromatic nitrogens is 8. The molecular formula is C92H58N10Si2. The maximum absolute atomic E-state index is 6.06. The van der Waals surface area contributed by atoms with E-state index in [4.69, 9.17) is 19.9 Å². The van der Waals surface area contributed by atoms with Crippen LogP contribution in [-0.4, -0.2) is 53.7 Å². The van der Waals surface area contributed by atoms with Crippen LogP contribution in [0.25, 0.3) is 131 Å². The van der Waals surface area contributed by atoms with Crippen molar-refractivity contribution in [2.75, 3.05) is 9.80 Å². The molecule has 0 fully saturated rings. The van der Waals surface area contributed by atoms with E-state index in [1.807, 2.05) is 0 Å². The molecule has 0 bridgehead atoms. The van der Waals surface area contributed by atoms with Gasteiger partial charge in [-0.1, -0.05) is 279 Å². The van der Waals surface area contributed by atoms with Crippen LogP contribution in [0.4, 0.5) is 35.2 Å². The average molecular weight is 1360 g/mol. The highest BCUT2D eigenvalue weighted by molar-refractivity contribution is 7.04. The Morgan fingerprint density at radius 3 is 1.13 bits per heavy atom. The van der Waals surface area contributed by atoms with Crippen molar-refractivity contribution in [2.24, 2.45) is 0 Å². The first-order chi connectivity index (χ1) is 51.6. The zero-order valence-electron chi connectivity index (χ0n) is 56.0. The molecule has 0 saturated heterocycles. The van der Waals surface area contributed by atoms with Crippen LogP contribution in [0.2, 0.25) is 0 Å². The molecule has 21 aromatic rings. The zero-order chi connectivity index (χ0) is 67.9. The summed E-state index contributed by atoms with van der Waals surface area (Å²) in [7, 11) is -7.37. The summed E-state index contributed by atoms with van der Waals surface area (Å²) in [5, 5.41) is 21.5. The molecule has 0 saturated carbocycles. The highest BCUT2D eigenvalue weighted by Crippen LogP contribution is 2.50. The molecule has 2 aliphatic heterocycles. The predicted molar refractivity (Wildman–Crippen MR) is 434 cm³/mol. The molecule has 104 heavy (non-hydrogen) atoms. The minimum Gasteiger partial charge on any atom is -0.310 e. The molecule has 0 aliphatic carbocycles. The lowest BCUT2D eigenvalue weighted by Crippen LogP contribution is -2.72. The Kier molecular flexibility index (Phi) is 11.8. The lowest BCUT2D eigenvalue weighted by Gasteiger charge is -2.44. The molecule has 12 heteroatoms. The third-order valence-corrected chi connectivity index (χ3v) is 31.4. The van der Waals surface area contributed by atoms with E-state index in [1.54, 1.807) is 0 Å². The van der Waals surface area contributed by atoms with Crippen molar-refractivity contribution in [2.45, 2.75) is 0 Å². The van der Waals surface area contributed by atoms with Crippen molar-refractivity contribution in [1.29, 1.82) is 0 Å². The average Bonchev–Trinajstić information content (AvgIpc) is 1.45. The quantitative estimate of drug-likeness (QED) is 0.117. The van der Waals surface area contributed by atoms with Gasteiger partial charge in [-0.25, -0.2) is 19.9 Å². The lowest BCUT2D eigenvalue weighted by atomic mass is 9.94. The minimum atomic E-state index is -3.85. The van der Waals surface area contributed by atoms with Crippen molar-refractivity contribution in [1.82, 2.24) is 36.9 Å². The van der Waals surface area contributed by atoms with Crippen LogP contribution in [0.5, 0.6) is 0 Å². The van der Waals surface area contributed by atoms with Crippen LogP contribution in [0.3, 0.4) is 0 Å². The molecule has 484 valence electrons. The summed E-state index contributed by atoms with van der Waals surface area (Å²) in [6.45, 7) is 0. The Morgan fingerprint density at radius 2 is 0.567 bits per heavy atom. The van der Waals surface area contributed by atoms with Gasteiger partial charge in [0.15, 0.2) is 0 Å². The van der Waals surface area contributed by atoms with Gasteiger partial charge in [0, 0.05) is 0 Å². The molecule has 0 radical (unpaired) electrons. The topological polar surface area (TPSA) is 77.8 Å². The molecule has 0 atom stereocenters. The Balaban J connectivity index is 0.819. The predicted octanol–water partition coefficient (Wildman–Crippen LogP) is 19.7. The van der Waals surface area contributed by atoms with E-state index < -0.39 is 16.8 Å². The largest absolute Gasteiger partial charge is 0.346 e. The van der Waals surface area contributed by atoms with E-state index in [-0.39, 0.29) is 0 Å². The third kappa shape index (κ3) is 7.70. The van der Waals surface area contributed by atoms with Gasteiger partial charge in [-0.05, 0) is 180 Å². The fourth-order valence-electron chi connectivity index (χ4n) is 18.1. The lowest BCUT2D eigenvalue weighted by molar-refractivity contribution is 0.943. The van der Waals surface area contributed by atoms with Crippen LogP contribution in [0.1, 0.15) is 0 Å². The fraction of sp³-hybridized carbons (Fsp3) is 0. The van der Waals surface area contributed by atoms with E-state index in [0.29, 0.717) is 0 Å². The Hall–Kier alpha value is -13.5. The number of rotatable bonds is 7. The maximum Gasteiger partial charge on any atom is 0.346 e. The highest BCUT2D eigenvalue weighted by Gasteiger charge is 2.56. The highest BCUT2D eigenvalue weighted by atomic mass is 28.4. The Labute approximate surface area is 598 Å². The Bertz CT molecular complexity index is 7070. The van der Waals surface area contributed by atoms with Crippen molar-refractivity contribution >= 4 is 192 Å². The summed E-state index contributed by atoms with van der Waals surface area (Å²) in [5.74, 6) is 3.23. The molecule has 17 aromatic carbocycles. The first-order valence-corrected chi connectivity index (χ1v) is 39.3. The van der Waals surface area contributed by atoms with E-state index in [1.165, 1.54) is 90.8 Å². The number of hydrogen-bond donors (Lipinski definition) is 0. The number of benzene rings is 17. The van der Waals surface area contributed by atoms with Gasteiger partial charge in [-0.15, -0.1) is 0 Å². The fourth-order valence-corrected chi connectivity index (χ4v) is 28.2. The molecule has 0 amide bonds. The molecule has 10 nitrogen and oxygen atoms in total.